The number of rotatable bonds is 3. The van der Waals surface area contributed by atoms with Crippen LogP contribution in [0, 0.1) is 0 Å². The molecule has 4 nitrogen and oxygen atoms in total. The molecule has 98 valence electrons. The number of hydrogen-bond acceptors (Lipinski definition) is 3. The van der Waals surface area contributed by atoms with E-state index in [1.54, 1.807) is 26.4 Å². The van der Waals surface area contributed by atoms with Crippen LogP contribution in [-0.4, -0.2) is 37.6 Å². The van der Waals surface area contributed by atoms with Gasteiger partial charge in [0, 0.05) is 12.6 Å². The summed E-state index contributed by atoms with van der Waals surface area (Å²) < 4.78 is 10.6. The second kappa shape index (κ2) is 5.29. The molecule has 2 rings (SSSR count). The Balaban J connectivity index is 2.39. The molecule has 1 saturated heterocycles. The molecule has 1 heterocycles. The van der Waals surface area contributed by atoms with Gasteiger partial charge in [0.1, 0.15) is 17.1 Å². The number of benzene rings is 1. The number of amides is 1. The summed E-state index contributed by atoms with van der Waals surface area (Å²) in [4.78, 5) is 14.5. The summed E-state index contributed by atoms with van der Waals surface area (Å²) >= 11 is 0. The molecule has 1 fully saturated rings. The Morgan fingerprint density at radius 1 is 1.28 bits per heavy atom. The minimum atomic E-state index is -0.00528. The highest BCUT2D eigenvalue weighted by Gasteiger charge is 2.29. The molecule has 18 heavy (non-hydrogen) atoms. The Labute approximate surface area is 107 Å². The standard InChI is InChI=1S/C14H19NO3/c1-10-6-5-9-15(10)14(16)13-11(17-2)7-4-8-12(13)18-3/h4,7-8,10H,5-6,9H2,1-3H3/t10-/m1/s1. The van der Waals surface area contributed by atoms with Gasteiger partial charge in [-0.15, -0.1) is 0 Å². The van der Waals surface area contributed by atoms with Gasteiger partial charge in [0.15, 0.2) is 0 Å². The number of hydrogen-bond donors (Lipinski definition) is 0. The summed E-state index contributed by atoms with van der Waals surface area (Å²) in [5, 5.41) is 0. The second-order valence-corrected chi connectivity index (χ2v) is 4.53. The number of carbonyl (C=O) groups excluding carboxylic acids is 1. The predicted octanol–water partition coefficient (Wildman–Crippen LogP) is 2.33. The zero-order valence-electron chi connectivity index (χ0n) is 11.1. The molecule has 0 bridgehead atoms. The van der Waals surface area contributed by atoms with Crippen molar-refractivity contribution in [3.05, 3.63) is 23.8 Å². The summed E-state index contributed by atoms with van der Waals surface area (Å²) in [5.41, 5.74) is 0.524. The van der Waals surface area contributed by atoms with Crippen molar-refractivity contribution in [3.8, 4) is 11.5 Å². The van der Waals surface area contributed by atoms with Gasteiger partial charge in [-0.3, -0.25) is 4.79 Å². The van der Waals surface area contributed by atoms with Crippen molar-refractivity contribution in [1.29, 1.82) is 0 Å². The van der Waals surface area contributed by atoms with Gasteiger partial charge in [0.2, 0.25) is 0 Å². The first-order valence-electron chi connectivity index (χ1n) is 6.21. The van der Waals surface area contributed by atoms with Crippen molar-refractivity contribution in [2.24, 2.45) is 0 Å². The molecular weight excluding hydrogens is 230 g/mol. The lowest BCUT2D eigenvalue weighted by Gasteiger charge is -2.23. The van der Waals surface area contributed by atoms with Gasteiger partial charge < -0.3 is 14.4 Å². The fraction of sp³-hybridized carbons (Fsp3) is 0.500. The lowest BCUT2D eigenvalue weighted by molar-refractivity contribution is 0.0740. The monoisotopic (exact) mass is 249 g/mol. The molecule has 1 aromatic rings. The third kappa shape index (κ3) is 2.15. The Bertz CT molecular complexity index is 422. The molecule has 0 unspecified atom stereocenters. The van der Waals surface area contributed by atoms with Crippen LogP contribution in [-0.2, 0) is 0 Å². The predicted molar refractivity (Wildman–Crippen MR) is 69.3 cm³/mol. The van der Waals surface area contributed by atoms with Gasteiger partial charge in [-0.05, 0) is 31.9 Å². The Kier molecular flexibility index (Phi) is 3.75. The van der Waals surface area contributed by atoms with Crippen molar-refractivity contribution >= 4 is 5.91 Å². The van der Waals surface area contributed by atoms with Gasteiger partial charge >= 0.3 is 0 Å². The molecule has 4 heteroatoms. The molecule has 0 saturated carbocycles. The zero-order valence-corrected chi connectivity index (χ0v) is 11.1. The average Bonchev–Trinajstić information content (AvgIpc) is 2.83. The van der Waals surface area contributed by atoms with E-state index in [4.69, 9.17) is 9.47 Å². The summed E-state index contributed by atoms with van der Waals surface area (Å²) in [7, 11) is 3.14. The smallest absolute Gasteiger partial charge is 0.261 e. The van der Waals surface area contributed by atoms with Crippen LogP contribution in [0.2, 0.25) is 0 Å². The largest absolute Gasteiger partial charge is 0.496 e. The van der Waals surface area contributed by atoms with Crippen molar-refractivity contribution in [3.63, 3.8) is 0 Å². The summed E-state index contributed by atoms with van der Waals surface area (Å²) in [6.07, 6.45) is 2.12. The first-order chi connectivity index (χ1) is 8.69. The van der Waals surface area contributed by atoms with Gasteiger partial charge in [-0.2, -0.15) is 0 Å². The van der Waals surface area contributed by atoms with Gasteiger partial charge in [-0.25, -0.2) is 0 Å². The van der Waals surface area contributed by atoms with E-state index >= 15 is 0 Å². The quantitative estimate of drug-likeness (QED) is 0.825. The van der Waals surface area contributed by atoms with Gasteiger partial charge in [0.05, 0.1) is 14.2 Å². The van der Waals surface area contributed by atoms with Crippen molar-refractivity contribution in [2.75, 3.05) is 20.8 Å². The second-order valence-electron chi connectivity index (χ2n) is 4.53. The minimum Gasteiger partial charge on any atom is -0.496 e. The van der Waals surface area contributed by atoms with Gasteiger partial charge in [-0.1, -0.05) is 6.07 Å². The highest BCUT2D eigenvalue weighted by Crippen LogP contribution is 2.31. The van der Waals surface area contributed by atoms with E-state index in [2.05, 4.69) is 6.92 Å². The zero-order chi connectivity index (χ0) is 13.1. The lowest BCUT2D eigenvalue weighted by Crippen LogP contribution is -2.34. The van der Waals surface area contributed by atoms with E-state index in [1.807, 2.05) is 11.0 Å². The molecule has 1 amide bonds. The SMILES string of the molecule is COc1cccc(OC)c1C(=O)N1CCC[C@H]1C. The van der Waals surface area contributed by atoms with Crippen LogP contribution in [0.25, 0.3) is 0 Å². The lowest BCUT2D eigenvalue weighted by atomic mass is 10.1. The maximum atomic E-state index is 12.6. The van der Waals surface area contributed by atoms with E-state index in [1.165, 1.54) is 0 Å². The van der Waals surface area contributed by atoms with Crippen LogP contribution in [0.4, 0.5) is 0 Å². The van der Waals surface area contributed by atoms with Crippen molar-refractivity contribution in [1.82, 2.24) is 4.90 Å². The minimum absolute atomic E-state index is 0.00528. The average molecular weight is 249 g/mol. The molecule has 1 aromatic carbocycles. The summed E-state index contributed by atoms with van der Waals surface area (Å²) in [6.45, 7) is 2.88. The molecule has 1 aliphatic rings. The first-order valence-corrected chi connectivity index (χ1v) is 6.21. The number of likely N-dealkylation sites (tertiary alicyclic amines) is 1. The number of carbonyl (C=O) groups is 1. The van der Waals surface area contributed by atoms with Crippen molar-refractivity contribution < 1.29 is 14.3 Å². The fourth-order valence-corrected chi connectivity index (χ4v) is 2.44. The maximum absolute atomic E-state index is 12.6. The normalized spacial score (nSPS) is 18.8. The highest BCUT2D eigenvalue weighted by molar-refractivity contribution is 6.00. The van der Waals surface area contributed by atoms with Crippen LogP contribution in [0.5, 0.6) is 11.5 Å². The van der Waals surface area contributed by atoms with Crippen LogP contribution in [0.3, 0.4) is 0 Å². The molecule has 0 aliphatic carbocycles. The van der Waals surface area contributed by atoms with E-state index in [0.717, 1.165) is 19.4 Å². The molecule has 0 spiro atoms. The summed E-state index contributed by atoms with van der Waals surface area (Å²) in [5.74, 6) is 1.13. The Morgan fingerprint density at radius 2 is 1.89 bits per heavy atom. The summed E-state index contributed by atoms with van der Waals surface area (Å²) in [6, 6.07) is 5.68. The van der Waals surface area contributed by atoms with E-state index in [0.29, 0.717) is 17.1 Å². The van der Waals surface area contributed by atoms with Gasteiger partial charge in [0.25, 0.3) is 5.91 Å². The van der Waals surface area contributed by atoms with Crippen molar-refractivity contribution in [2.45, 2.75) is 25.8 Å². The molecule has 0 aromatic heterocycles. The van der Waals surface area contributed by atoms with E-state index in [9.17, 15) is 4.79 Å². The van der Waals surface area contributed by atoms with Crippen LogP contribution >= 0.6 is 0 Å². The number of nitrogens with zero attached hydrogens (tertiary/aromatic N) is 1. The third-order valence-electron chi connectivity index (χ3n) is 3.46. The maximum Gasteiger partial charge on any atom is 0.261 e. The third-order valence-corrected chi connectivity index (χ3v) is 3.46. The molecule has 0 radical (unpaired) electrons. The van der Waals surface area contributed by atoms with Crippen LogP contribution in [0.1, 0.15) is 30.1 Å². The molecule has 1 aliphatic heterocycles. The van der Waals surface area contributed by atoms with E-state index in [-0.39, 0.29) is 11.9 Å². The highest BCUT2D eigenvalue weighted by atomic mass is 16.5. The number of methoxy groups -OCH3 is 2. The molecule has 1 atom stereocenters. The molecule has 0 N–H and O–H groups in total. The topological polar surface area (TPSA) is 38.8 Å². The first kappa shape index (κ1) is 12.7. The fourth-order valence-electron chi connectivity index (χ4n) is 2.44. The van der Waals surface area contributed by atoms with Crippen LogP contribution < -0.4 is 9.47 Å². The van der Waals surface area contributed by atoms with Crippen LogP contribution in [0.15, 0.2) is 18.2 Å². The number of ether oxygens (including phenoxy) is 2. The van der Waals surface area contributed by atoms with E-state index < -0.39 is 0 Å². The Morgan fingerprint density at radius 3 is 2.33 bits per heavy atom. The molecular formula is C14H19NO3. The Hall–Kier alpha value is -1.71.